The number of rotatable bonds is 6. The van der Waals surface area contributed by atoms with E-state index in [4.69, 9.17) is 12.2 Å². The summed E-state index contributed by atoms with van der Waals surface area (Å²) >= 11 is 5.34. The molecule has 0 unspecified atom stereocenters. The van der Waals surface area contributed by atoms with E-state index in [9.17, 15) is 8.42 Å². The fourth-order valence-corrected chi connectivity index (χ4v) is 4.12. The van der Waals surface area contributed by atoms with Crippen LogP contribution in [0.4, 0.5) is 0 Å². The number of nitrogens with zero attached hydrogens (tertiary/aromatic N) is 1. The maximum absolute atomic E-state index is 11.5. The van der Waals surface area contributed by atoms with Crippen molar-refractivity contribution >= 4 is 27.2 Å². The highest BCUT2D eigenvalue weighted by atomic mass is 32.2. The number of nitrogens with one attached hydrogen (secondary N) is 1. The first-order chi connectivity index (χ1) is 8.50. The Morgan fingerprint density at radius 3 is 2.83 bits per heavy atom. The summed E-state index contributed by atoms with van der Waals surface area (Å²) in [5.41, 5.74) is 0. The molecule has 0 amide bonds. The van der Waals surface area contributed by atoms with Crippen LogP contribution in [-0.4, -0.2) is 49.1 Å². The fraction of sp³-hybridized carbons (Fsp3) is 0.750. The summed E-state index contributed by atoms with van der Waals surface area (Å²) in [5, 5.41) is 3.73. The smallest absolute Gasteiger partial charge is 0.169 e. The van der Waals surface area contributed by atoms with Crippen LogP contribution in [-0.2, 0) is 9.84 Å². The number of hydrogen-bond donors (Lipinski definition) is 1. The van der Waals surface area contributed by atoms with Gasteiger partial charge in [0.1, 0.15) is 0 Å². The molecule has 104 valence electrons. The largest absolute Gasteiger partial charge is 0.359 e. The summed E-state index contributed by atoms with van der Waals surface area (Å²) in [4.78, 5) is 2.03. The van der Waals surface area contributed by atoms with E-state index in [2.05, 4.69) is 18.8 Å². The van der Waals surface area contributed by atoms with Crippen molar-refractivity contribution in [3.05, 3.63) is 12.7 Å². The summed E-state index contributed by atoms with van der Waals surface area (Å²) in [6.07, 6.45) is 4.52. The number of hydrogen-bond acceptors (Lipinski definition) is 3. The van der Waals surface area contributed by atoms with Crippen LogP contribution in [0.1, 0.15) is 26.2 Å². The van der Waals surface area contributed by atoms with Crippen molar-refractivity contribution in [1.82, 2.24) is 10.2 Å². The maximum Gasteiger partial charge on any atom is 0.169 e. The van der Waals surface area contributed by atoms with E-state index in [0.717, 1.165) is 19.4 Å². The molecule has 6 heteroatoms. The van der Waals surface area contributed by atoms with Crippen LogP contribution in [0.3, 0.4) is 0 Å². The Kier molecular flexibility index (Phi) is 6.08. The Labute approximate surface area is 115 Å². The van der Waals surface area contributed by atoms with Crippen LogP contribution in [0.2, 0.25) is 0 Å². The molecule has 0 aromatic rings. The molecule has 0 radical (unpaired) electrons. The van der Waals surface area contributed by atoms with E-state index < -0.39 is 9.84 Å². The van der Waals surface area contributed by atoms with Gasteiger partial charge in [0.15, 0.2) is 14.9 Å². The van der Waals surface area contributed by atoms with Gasteiger partial charge in [0.2, 0.25) is 0 Å². The van der Waals surface area contributed by atoms with Crippen LogP contribution in [0, 0.1) is 0 Å². The van der Waals surface area contributed by atoms with Gasteiger partial charge in [0.05, 0.1) is 11.5 Å². The van der Waals surface area contributed by atoms with Crippen molar-refractivity contribution in [1.29, 1.82) is 0 Å². The summed E-state index contributed by atoms with van der Waals surface area (Å²) in [5.74, 6) is 0.511. The number of unbranched alkanes of at least 4 members (excludes halogenated alkanes) is 1. The molecule has 1 N–H and O–H groups in total. The Bertz CT molecular complexity index is 393. The van der Waals surface area contributed by atoms with E-state index >= 15 is 0 Å². The molecule has 0 aliphatic carbocycles. The molecule has 1 heterocycles. The van der Waals surface area contributed by atoms with E-state index in [-0.39, 0.29) is 17.5 Å². The zero-order valence-electron chi connectivity index (χ0n) is 10.9. The first kappa shape index (κ1) is 15.4. The summed E-state index contributed by atoms with van der Waals surface area (Å²) < 4.78 is 23.1. The van der Waals surface area contributed by atoms with Crippen LogP contribution >= 0.6 is 12.2 Å². The molecule has 1 aliphatic heterocycles. The van der Waals surface area contributed by atoms with Crippen LogP contribution in [0.25, 0.3) is 0 Å². The highest BCUT2D eigenvalue weighted by molar-refractivity contribution is 7.91. The zero-order valence-corrected chi connectivity index (χ0v) is 12.5. The second-order valence-corrected chi connectivity index (χ2v) is 7.19. The van der Waals surface area contributed by atoms with Crippen molar-refractivity contribution in [2.24, 2.45) is 0 Å². The van der Waals surface area contributed by atoms with Crippen molar-refractivity contribution in [3.8, 4) is 0 Å². The molecule has 1 saturated heterocycles. The average Bonchev–Trinajstić information content (AvgIpc) is 2.67. The monoisotopic (exact) mass is 290 g/mol. The van der Waals surface area contributed by atoms with Gasteiger partial charge in [-0.05, 0) is 25.1 Å². The lowest BCUT2D eigenvalue weighted by Gasteiger charge is -2.30. The second kappa shape index (κ2) is 7.09. The predicted octanol–water partition coefficient (Wildman–Crippen LogP) is 1.34. The maximum atomic E-state index is 11.5. The second-order valence-electron chi connectivity index (χ2n) is 4.58. The molecule has 4 nitrogen and oxygen atoms in total. The van der Waals surface area contributed by atoms with Gasteiger partial charge in [-0.15, -0.1) is 6.58 Å². The lowest BCUT2D eigenvalue weighted by atomic mass is 10.2. The van der Waals surface area contributed by atoms with Crippen LogP contribution in [0.5, 0.6) is 0 Å². The summed E-state index contributed by atoms with van der Waals surface area (Å²) in [6, 6.07) is 0.0337. The van der Waals surface area contributed by atoms with Gasteiger partial charge >= 0.3 is 0 Å². The van der Waals surface area contributed by atoms with Gasteiger partial charge in [0, 0.05) is 19.1 Å². The number of sulfone groups is 1. The Morgan fingerprint density at radius 1 is 1.61 bits per heavy atom. The molecule has 0 spiro atoms. The highest BCUT2D eigenvalue weighted by Gasteiger charge is 2.32. The van der Waals surface area contributed by atoms with Crippen molar-refractivity contribution in [2.75, 3.05) is 24.6 Å². The third-order valence-corrected chi connectivity index (χ3v) is 5.19. The SMILES string of the molecule is C=CCNC(=S)N(CCCC)[C@H]1CCS(=O)(=O)C1. The van der Waals surface area contributed by atoms with Crippen LogP contribution < -0.4 is 5.32 Å². The minimum atomic E-state index is -2.87. The molecule has 0 saturated carbocycles. The third kappa shape index (κ3) is 4.57. The lowest BCUT2D eigenvalue weighted by molar-refractivity contribution is 0.325. The molecule has 1 rings (SSSR count). The van der Waals surface area contributed by atoms with Gasteiger partial charge < -0.3 is 10.2 Å². The van der Waals surface area contributed by atoms with Gasteiger partial charge in [-0.3, -0.25) is 0 Å². The Morgan fingerprint density at radius 2 is 2.33 bits per heavy atom. The molecule has 0 aromatic carbocycles. The summed E-state index contributed by atoms with van der Waals surface area (Å²) in [7, 11) is -2.87. The normalized spacial score (nSPS) is 21.5. The van der Waals surface area contributed by atoms with Crippen molar-refractivity contribution < 1.29 is 8.42 Å². The van der Waals surface area contributed by atoms with E-state index in [1.54, 1.807) is 6.08 Å². The standard InChI is InChI=1S/C12H22N2O2S2/c1-3-5-8-14(12(17)13-7-4-2)11-6-9-18(15,16)10-11/h4,11H,2-3,5-10H2,1H3,(H,13,17)/t11-/m0/s1. The quantitative estimate of drug-likeness (QED) is 0.591. The summed E-state index contributed by atoms with van der Waals surface area (Å²) in [6.45, 7) is 7.18. The molecule has 1 aliphatic rings. The average molecular weight is 290 g/mol. The minimum absolute atomic E-state index is 0.0337. The van der Waals surface area contributed by atoms with Crippen molar-refractivity contribution in [2.45, 2.75) is 32.2 Å². The first-order valence-electron chi connectivity index (χ1n) is 6.36. The molecule has 0 aromatic heterocycles. The van der Waals surface area contributed by atoms with E-state index in [1.807, 2.05) is 4.90 Å². The highest BCUT2D eigenvalue weighted by Crippen LogP contribution is 2.18. The molecule has 18 heavy (non-hydrogen) atoms. The molecular formula is C12H22N2O2S2. The fourth-order valence-electron chi connectivity index (χ4n) is 2.06. The van der Waals surface area contributed by atoms with Gasteiger partial charge in [-0.1, -0.05) is 19.4 Å². The molecular weight excluding hydrogens is 268 g/mol. The lowest BCUT2D eigenvalue weighted by Crippen LogP contribution is -2.47. The van der Waals surface area contributed by atoms with Crippen molar-refractivity contribution in [3.63, 3.8) is 0 Å². The van der Waals surface area contributed by atoms with E-state index in [1.165, 1.54) is 0 Å². The minimum Gasteiger partial charge on any atom is -0.359 e. The van der Waals surface area contributed by atoms with Gasteiger partial charge in [0.25, 0.3) is 0 Å². The Balaban J connectivity index is 2.65. The van der Waals surface area contributed by atoms with Gasteiger partial charge in [-0.25, -0.2) is 8.42 Å². The molecule has 0 bridgehead atoms. The van der Waals surface area contributed by atoms with Crippen LogP contribution in [0.15, 0.2) is 12.7 Å². The molecule has 1 atom stereocenters. The van der Waals surface area contributed by atoms with Gasteiger partial charge in [-0.2, -0.15) is 0 Å². The number of thiocarbonyl (C=S) groups is 1. The predicted molar refractivity (Wildman–Crippen MR) is 79.5 cm³/mol. The topological polar surface area (TPSA) is 49.4 Å². The Hall–Kier alpha value is -0.620. The first-order valence-corrected chi connectivity index (χ1v) is 8.59. The molecule has 1 fully saturated rings. The van der Waals surface area contributed by atoms with E-state index in [0.29, 0.717) is 18.1 Å². The third-order valence-electron chi connectivity index (χ3n) is 3.06. The zero-order chi connectivity index (χ0) is 13.6.